The molecule has 0 aliphatic rings. The van der Waals surface area contributed by atoms with E-state index in [1.165, 1.54) is 11.3 Å². The second-order valence-corrected chi connectivity index (χ2v) is 4.39. The van der Waals surface area contributed by atoms with Gasteiger partial charge in [0.05, 0.1) is 11.7 Å². The minimum absolute atomic E-state index is 0.195. The van der Waals surface area contributed by atoms with Crippen LogP contribution in [0.25, 0.3) is 0 Å². The van der Waals surface area contributed by atoms with Gasteiger partial charge in [-0.1, -0.05) is 6.92 Å². The van der Waals surface area contributed by atoms with Gasteiger partial charge >= 0.3 is 0 Å². The number of anilines is 1. The molecule has 0 fully saturated rings. The molecule has 1 N–H and O–H groups in total. The molecule has 0 amide bonds. The summed E-state index contributed by atoms with van der Waals surface area (Å²) in [4.78, 5) is 8.42. The summed E-state index contributed by atoms with van der Waals surface area (Å²) in [5, 5.41) is 7.82. The molecule has 2 rings (SSSR count). The standard InChI is InChI=1S/C13H19N5/c1-5-11(16-13-14-7-6-8-15-13)12-9(2)17-18(4)10(12)3/h6-8,11H,5H2,1-4H3,(H,14,15,16). The molecule has 1 unspecified atom stereocenters. The molecule has 2 aromatic rings. The summed E-state index contributed by atoms with van der Waals surface area (Å²) >= 11 is 0. The molecule has 0 radical (unpaired) electrons. The van der Waals surface area contributed by atoms with Crippen molar-refractivity contribution >= 4 is 5.95 Å². The lowest BCUT2D eigenvalue weighted by molar-refractivity contribution is 0.711. The smallest absolute Gasteiger partial charge is 0.223 e. The van der Waals surface area contributed by atoms with E-state index in [0.717, 1.165) is 12.1 Å². The van der Waals surface area contributed by atoms with Crippen LogP contribution >= 0.6 is 0 Å². The van der Waals surface area contributed by atoms with Gasteiger partial charge in [-0.15, -0.1) is 0 Å². The van der Waals surface area contributed by atoms with Gasteiger partial charge in [-0.05, 0) is 26.3 Å². The zero-order valence-electron chi connectivity index (χ0n) is 11.3. The molecule has 0 aromatic carbocycles. The maximum absolute atomic E-state index is 4.46. The normalized spacial score (nSPS) is 12.4. The van der Waals surface area contributed by atoms with Crippen LogP contribution in [0.4, 0.5) is 5.95 Å². The highest BCUT2D eigenvalue weighted by Gasteiger charge is 2.19. The Morgan fingerprint density at radius 2 is 1.94 bits per heavy atom. The molecule has 0 bridgehead atoms. The van der Waals surface area contributed by atoms with E-state index >= 15 is 0 Å². The van der Waals surface area contributed by atoms with Gasteiger partial charge in [-0.2, -0.15) is 5.10 Å². The van der Waals surface area contributed by atoms with Crippen molar-refractivity contribution in [2.24, 2.45) is 7.05 Å². The molecule has 0 aliphatic heterocycles. The third-order valence-electron chi connectivity index (χ3n) is 3.19. The fourth-order valence-corrected chi connectivity index (χ4v) is 2.20. The van der Waals surface area contributed by atoms with E-state index in [4.69, 9.17) is 0 Å². The summed E-state index contributed by atoms with van der Waals surface area (Å²) in [7, 11) is 1.97. The Balaban J connectivity index is 2.29. The minimum atomic E-state index is 0.195. The van der Waals surface area contributed by atoms with Gasteiger partial charge in [0, 0.05) is 30.7 Å². The lowest BCUT2D eigenvalue weighted by Crippen LogP contribution is -2.13. The predicted molar refractivity (Wildman–Crippen MR) is 71.4 cm³/mol. The fourth-order valence-electron chi connectivity index (χ4n) is 2.20. The molecule has 2 aromatic heterocycles. The summed E-state index contributed by atoms with van der Waals surface area (Å²) in [5.41, 5.74) is 3.49. The molecule has 0 saturated heterocycles. The molecule has 1 atom stereocenters. The van der Waals surface area contributed by atoms with Gasteiger partial charge in [-0.3, -0.25) is 4.68 Å². The Bertz CT molecular complexity index is 518. The Morgan fingerprint density at radius 1 is 1.28 bits per heavy atom. The Kier molecular flexibility index (Phi) is 3.60. The van der Waals surface area contributed by atoms with Crippen LogP contribution in [0.3, 0.4) is 0 Å². The molecule has 2 heterocycles. The average Bonchev–Trinajstić information content (AvgIpc) is 2.62. The molecule has 5 heteroatoms. The summed E-state index contributed by atoms with van der Waals surface area (Å²) < 4.78 is 1.92. The third kappa shape index (κ3) is 2.34. The topological polar surface area (TPSA) is 55.6 Å². The number of rotatable bonds is 4. The van der Waals surface area contributed by atoms with Gasteiger partial charge in [-0.25, -0.2) is 9.97 Å². The van der Waals surface area contributed by atoms with Crippen LogP contribution in [0.2, 0.25) is 0 Å². The van der Waals surface area contributed by atoms with Crippen molar-refractivity contribution in [1.82, 2.24) is 19.7 Å². The van der Waals surface area contributed by atoms with Crippen molar-refractivity contribution in [1.29, 1.82) is 0 Å². The van der Waals surface area contributed by atoms with Crippen molar-refractivity contribution in [2.75, 3.05) is 5.32 Å². The second kappa shape index (κ2) is 5.16. The quantitative estimate of drug-likeness (QED) is 0.898. The lowest BCUT2D eigenvalue weighted by Gasteiger charge is -2.17. The highest BCUT2D eigenvalue weighted by atomic mass is 15.3. The number of hydrogen-bond acceptors (Lipinski definition) is 4. The molecular formula is C13H19N5. The SMILES string of the molecule is CCC(Nc1ncccn1)c1c(C)nn(C)c1C. The number of hydrogen-bond donors (Lipinski definition) is 1. The van der Waals surface area contributed by atoms with Gasteiger partial charge in [0.2, 0.25) is 5.95 Å². The van der Waals surface area contributed by atoms with E-state index < -0.39 is 0 Å². The largest absolute Gasteiger partial charge is 0.347 e. The van der Waals surface area contributed by atoms with Crippen LogP contribution < -0.4 is 5.32 Å². The fraction of sp³-hybridized carbons (Fsp3) is 0.462. The lowest BCUT2D eigenvalue weighted by atomic mass is 10.0. The monoisotopic (exact) mass is 245 g/mol. The summed E-state index contributed by atoms with van der Waals surface area (Å²) in [6.07, 6.45) is 4.45. The van der Waals surface area contributed by atoms with Crippen molar-refractivity contribution in [2.45, 2.75) is 33.2 Å². The molecule has 96 valence electrons. The van der Waals surface area contributed by atoms with Crippen molar-refractivity contribution in [3.8, 4) is 0 Å². The summed E-state index contributed by atoms with van der Waals surface area (Å²) in [5.74, 6) is 0.659. The molecule has 5 nitrogen and oxygen atoms in total. The maximum atomic E-state index is 4.46. The van der Waals surface area contributed by atoms with Crippen LogP contribution in [-0.2, 0) is 7.05 Å². The first-order valence-electron chi connectivity index (χ1n) is 6.17. The molecule has 0 saturated carbocycles. The number of aryl methyl sites for hydroxylation is 2. The van der Waals surface area contributed by atoms with Crippen LogP contribution in [0, 0.1) is 13.8 Å². The Morgan fingerprint density at radius 3 is 2.44 bits per heavy atom. The molecule has 18 heavy (non-hydrogen) atoms. The first kappa shape index (κ1) is 12.5. The maximum Gasteiger partial charge on any atom is 0.223 e. The average molecular weight is 245 g/mol. The van der Waals surface area contributed by atoms with E-state index in [-0.39, 0.29) is 6.04 Å². The first-order chi connectivity index (χ1) is 8.63. The molecule has 0 spiro atoms. The Hall–Kier alpha value is -1.91. The van der Waals surface area contributed by atoms with E-state index in [1.807, 2.05) is 24.7 Å². The minimum Gasteiger partial charge on any atom is -0.347 e. The van der Waals surface area contributed by atoms with Crippen molar-refractivity contribution in [3.63, 3.8) is 0 Å². The number of aromatic nitrogens is 4. The zero-order valence-corrected chi connectivity index (χ0v) is 11.3. The Labute approximate surface area is 107 Å². The molecule has 0 aliphatic carbocycles. The predicted octanol–water partition coefficient (Wildman–Crippen LogP) is 2.39. The first-order valence-corrected chi connectivity index (χ1v) is 6.17. The van der Waals surface area contributed by atoms with Crippen molar-refractivity contribution in [3.05, 3.63) is 35.4 Å². The summed E-state index contributed by atoms with van der Waals surface area (Å²) in [6.45, 7) is 6.27. The highest BCUT2D eigenvalue weighted by molar-refractivity contribution is 5.35. The van der Waals surface area contributed by atoms with Crippen LogP contribution in [0.5, 0.6) is 0 Å². The van der Waals surface area contributed by atoms with E-state index in [9.17, 15) is 0 Å². The van der Waals surface area contributed by atoms with E-state index in [1.54, 1.807) is 12.4 Å². The second-order valence-electron chi connectivity index (χ2n) is 4.39. The molecular weight excluding hydrogens is 226 g/mol. The third-order valence-corrected chi connectivity index (χ3v) is 3.19. The highest BCUT2D eigenvalue weighted by Crippen LogP contribution is 2.26. The summed E-state index contributed by atoms with van der Waals surface area (Å²) in [6, 6.07) is 2.01. The van der Waals surface area contributed by atoms with Gasteiger partial charge in [0.1, 0.15) is 0 Å². The van der Waals surface area contributed by atoms with Crippen LogP contribution in [0.1, 0.15) is 36.3 Å². The van der Waals surface area contributed by atoms with Gasteiger partial charge in [0.25, 0.3) is 0 Å². The van der Waals surface area contributed by atoms with Crippen molar-refractivity contribution < 1.29 is 0 Å². The van der Waals surface area contributed by atoms with Gasteiger partial charge < -0.3 is 5.32 Å². The van der Waals surface area contributed by atoms with Crippen LogP contribution in [0.15, 0.2) is 18.5 Å². The van der Waals surface area contributed by atoms with Crippen LogP contribution in [-0.4, -0.2) is 19.7 Å². The van der Waals surface area contributed by atoms with E-state index in [2.05, 4.69) is 34.2 Å². The van der Waals surface area contributed by atoms with Gasteiger partial charge in [0.15, 0.2) is 0 Å². The van der Waals surface area contributed by atoms with E-state index in [0.29, 0.717) is 5.95 Å². The number of nitrogens with zero attached hydrogens (tertiary/aromatic N) is 4. The zero-order chi connectivity index (χ0) is 13.1. The number of nitrogens with one attached hydrogen (secondary N) is 1.